The van der Waals surface area contributed by atoms with Crippen LogP contribution in [0.2, 0.25) is 0 Å². The van der Waals surface area contributed by atoms with E-state index < -0.39 is 38.3 Å². The summed E-state index contributed by atoms with van der Waals surface area (Å²) < 4.78 is 55.9. The molecule has 11 heteroatoms. The van der Waals surface area contributed by atoms with Crippen molar-refractivity contribution >= 4 is 15.9 Å². The fourth-order valence-electron chi connectivity index (χ4n) is 2.35. The van der Waals surface area contributed by atoms with Gasteiger partial charge in [-0.25, -0.2) is 18.2 Å². The van der Waals surface area contributed by atoms with Gasteiger partial charge in [0.05, 0.1) is 0 Å². The molecule has 2 aromatic rings. The predicted molar refractivity (Wildman–Crippen MR) is 87.0 cm³/mol. The summed E-state index contributed by atoms with van der Waals surface area (Å²) >= 11 is 0. The maximum absolute atomic E-state index is 12.8. The molecule has 0 fully saturated rings. The van der Waals surface area contributed by atoms with Crippen LogP contribution in [0.15, 0.2) is 34.6 Å². The Bertz CT molecular complexity index is 895. The van der Waals surface area contributed by atoms with Gasteiger partial charge in [-0.15, -0.1) is 5.10 Å². The van der Waals surface area contributed by atoms with E-state index in [4.69, 9.17) is 0 Å². The zero-order valence-corrected chi connectivity index (χ0v) is 15.2. The van der Waals surface area contributed by atoms with Gasteiger partial charge in [-0.05, 0) is 32.4 Å². The van der Waals surface area contributed by atoms with Gasteiger partial charge in [-0.3, -0.25) is 0 Å². The van der Waals surface area contributed by atoms with Gasteiger partial charge >= 0.3 is 12.6 Å². The molecule has 2 rings (SSSR count). The van der Waals surface area contributed by atoms with Gasteiger partial charge in [-0.1, -0.05) is 12.1 Å². The largest absolute Gasteiger partial charge is 0.433 e. The molecule has 142 valence electrons. The third-order valence-electron chi connectivity index (χ3n) is 3.60. The quantitative estimate of drug-likeness (QED) is 0.754. The zero-order chi connectivity index (χ0) is 19.5. The lowest BCUT2D eigenvalue weighted by Gasteiger charge is -2.17. The number of sulfone groups is 1. The Morgan fingerprint density at radius 3 is 2.54 bits per heavy atom. The van der Waals surface area contributed by atoms with E-state index in [0.717, 1.165) is 17.1 Å². The van der Waals surface area contributed by atoms with Gasteiger partial charge in [0.15, 0.2) is 0 Å². The fourth-order valence-corrected chi connectivity index (χ4v) is 3.79. The summed E-state index contributed by atoms with van der Waals surface area (Å²) in [6.07, 6.45) is 0.972. The second-order valence-corrected chi connectivity index (χ2v) is 6.99. The minimum absolute atomic E-state index is 0.189. The average Bonchev–Trinajstić information content (AvgIpc) is 3.06. The molecule has 0 atom stereocenters. The van der Waals surface area contributed by atoms with E-state index in [2.05, 4.69) is 14.8 Å². The lowest BCUT2D eigenvalue weighted by molar-refractivity contribution is -0.0518. The number of amides is 1. The number of nitrogens with zero attached hydrogens (tertiary/aromatic N) is 4. The summed E-state index contributed by atoms with van der Waals surface area (Å²) in [5, 5.41) is 3.05. The molecule has 0 saturated carbocycles. The average molecular weight is 388 g/mol. The molecule has 8 nitrogen and oxygen atoms in total. The van der Waals surface area contributed by atoms with Crippen LogP contribution in [-0.4, -0.2) is 53.8 Å². The van der Waals surface area contributed by atoms with Crippen LogP contribution in [-0.2, 0) is 9.84 Å². The van der Waals surface area contributed by atoms with E-state index in [-0.39, 0.29) is 5.56 Å². The topological polar surface area (TPSA) is 94.4 Å². The van der Waals surface area contributed by atoms with Crippen LogP contribution < -0.4 is 4.74 Å². The minimum atomic E-state index is -4.37. The van der Waals surface area contributed by atoms with Gasteiger partial charge in [-0.2, -0.15) is 13.5 Å². The maximum atomic E-state index is 12.8. The molecular formula is C15H18F2N4O4S. The summed E-state index contributed by atoms with van der Waals surface area (Å²) in [6.45, 7) is 2.57. The van der Waals surface area contributed by atoms with Crippen LogP contribution in [0, 0.1) is 6.92 Å². The summed E-state index contributed by atoms with van der Waals surface area (Å²) in [6, 6.07) is 3.40. The van der Waals surface area contributed by atoms with Gasteiger partial charge in [0, 0.05) is 13.1 Å². The summed E-state index contributed by atoms with van der Waals surface area (Å²) in [5.41, 5.74) is 0.189. The molecule has 0 spiro atoms. The van der Waals surface area contributed by atoms with Gasteiger partial charge in [0.2, 0.25) is 9.84 Å². The maximum Gasteiger partial charge on any atom is 0.387 e. The lowest BCUT2D eigenvalue weighted by Crippen LogP contribution is -2.34. The van der Waals surface area contributed by atoms with E-state index in [0.29, 0.717) is 13.1 Å². The molecule has 0 bridgehead atoms. The number of hydrogen-bond donors (Lipinski definition) is 0. The molecule has 0 radical (unpaired) electrons. The number of rotatable bonds is 6. The van der Waals surface area contributed by atoms with E-state index >= 15 is 0 Å². The minimum Gasteiger partial charge on any atom is -0.433 e. The molecule has 0 N–H and O–H groups in total. The number of alkyl halides is 2. The molecule has 1 aromatic heterocycles. The SMILES string of the molecule is CCN(CC)C(=O)n1cnc(S(=O)(=O)c2c(C)cccc2OC(F)F)n1. The number of aryl methyl sites for hydroxylation is 1. The van der Waals surface area contributed by atoms with Crippen molar-refractivity contribution < 1.29 is 26.7 Å². The highest BCUT2D eigenvalue weighted by Crippen LogP contribution is 2.31. The number of aromatic nitrogens is 3. The molecule has 0 unspecified atom stereocenters. The molecule has 1 heterocycles. The number of hydrogen-bond acceptors (Lipinski definition) is 6. The second-order valence-electron chi connectivity index (χ2n) is 5.21. The van der Waals surface area contributed by atoms with Crippen molar-refractivity contribution in [1.29, 1.82) is 0 Å². The van der Waals surface area contributed by atoms with Crippen molar-refractivity contribution in [2.24, 2.45) is 0 Å². The Morgan fingerprint density at radius 2 is 1.96 bits per heavy atom. The number of carbonyl (C=O) groups excluding carboxylic acids is 1. The smallest absolute Gasteiger partial charge is 0.387 e. The Hall–Kier alpha value is -2.56. The van der Waals surface area contributed by atoms with Crippen LogP contribution >= 0.6 is 0 Å². The van der Waals surface area contributed by atoms with E-state index in [1.54, 1.807) is 13.8 Å². The van der Waals surface area contributed by atoms with Crippen molar-refractivity contribution in [3.8, 4) is 5.75 Å². The molecule has 0 aliphatic heterocycles. The lowest BCUT2D eigenvalue weighted by atomic mass is 10.2. The first-order chi connectivity index (χ1) is 12.2. The first-order valence-corrected chi connectivity index (χ1v) is 9.21. The summed E-state index contributed by atoms with van der Waals surface area (Å²) in [4.78, 5) is 16.9. The zero-order valence-electron chi connectivity index (χ0n) is 14.4. The molecule has 1 amide bonds. The monoisotopic (exact) mass is 388 g/mol. The van der Waals surface area contributed by atoms with E-state index in [9.17, 15) is 22.0 Å². The second kappa shape index (κ2) is 7.77. The van der Waals surface area contributed by atoms with Crippen molar-refractivity contribution in [3.05, 3.63) is 30.1 Å². The Kier molecular flexibility index (Phi) is 5.90. The van der Waals surface area contributed by atoms with E-state index in [1.165, 1.54) is 24.0 Å². The summed E-state index contributed by atoms with van der Waals surface area (Å²) in [5.74, 6) is -0.508. The van der Waals surface area contributed by atoms with Crippen molar-refractivity contribution in [1.82, 2.24) is 19.7 Å². The normalized spacial score (nSPS) is 11.6. The van der Waals surface area contributed by atoms with E-state index in [1.807, 2.05) is 0 Å². The van der Waals surface area contributed by atoms with Crippen LogP contribution in [0.3, 0.4) is 0 Å². The van der Waals surface area contributed by atoms with Gasteiger partial charge < -0.3 is 9.64 Å². The molecule has 1 aromatic carbocycles. The molecular weight excluding hydrogens is 370 g/mol. The summed E-state index contributed by atoms with van der Waals surface area (Å²) in [7, 11) is -4.37. The number of halogens is 2. The third kappa shape index (κ3) is 3.82. The number of carbonyl (C=O) groups is 1. The number of ether oxygens (including phenoxy) is 1. The first kappa shape index (κ1) is 19.8. The Morgan fingerprint density at radius 1 is 1.31 bits per heavy atom. The molecule has 0 aliphatic carbocycles. The highest BCUT2D eigenvalue weighted by Gasteiger charge is 2.30. The van der Waals surface area contributed by atoms with Crippen LogP contribution in [0.5, 0.6) is 5.75 Å². The Balaban J connectivity index is 2.49. The van der Waals surface area contributed by atoms with Crippen LogP contribution in [0.1, 0.15) is 19.4 Å². The fraction of sp³-hybridized carbons (Fsp3) is 0.400. The van der Waals surface area contributed by atoms with Crippen LogP contribution in [0.25, 0.3) is 0 Å². The number of benzene rings is 1. The Labute approximate surface area is 149 Å². The predicted octanol–water partition coefficient (Wildman–Crippen LogP) is 2.33. The standard InChI is InChI=1S/C15H18F2N4O4S/c1-4-20(5-2)15(22)21-9-18-14(19-21)26(23,24)12-10(3)7-6-8-11(12)25-13(16)17/h6-9,13H,4-5H2,1-3H3. The van der Waals surface area contributed by atoms with Crippen molar-refractivity contribution in [2.75, 3.05) is 13.1 Å². The highest BCUT2D eigenvalue weighted by molar-refractivity contribution is 7.91. The highest BCUT2D eigenvalue weighted by atomic mass is 32.2. The van der Waals surface area contributed by atoms with Crippen LogP contribution in [0.4, 0.5) is 13.6 Å². The molecule has 26 heavy (non-hydrogen) atoms. The van der Waals surface area contributed by atoms with Gasteiger partial charge in [0.25, 0.3) is 5.16 Å². The van der Waals surface area contributed by atoms with Crippen molar-refractivity contribution in [3.63, 3.8) is 0 Å². The third-order valence-corrected chi connectivity index (χ3v) is 5.33. The van der Waals surface area contributed by atoms with Gasteiger partial charge in [0.1, 0.15) is 17.0 Å². The molecule has 0 saturated heterocycles. The first-order valence-electron chi connectivity index (χ1n) is 7.72. The van der Waals surface area contributed by atoms with Crippen molar-refractivity contribution in [2.45, 2.75) is 37.4 Å². The molecule has 0 aliphatic rings.